The average Bonchev–Trinajstić information content (AvgIpc) is 2.78. The van der Waals surface area contributed by atoms with Crippen LogP contribution >= 0.6 is 43.2 Å². The van der Waals surface area contributed by atoms with Crippen LogP contribution in [0, 0.1) is 0 Å². The fraction of sp³-hybridized carbons (Fsp3) is 0. The topological polar surface area (TPSA) is 26.0 Å². The van der Waals surface area contributed by atoms with E-state index < -0.39 is 0 Å². The van der Waals surface area contributed by atoms with Crippen molar-refractivity contribution in [2.75, 3.05) is 5.73 Å². The molecule has 0 amide bonds. The van der Waals surface area contributed by atoms with Crippen molar-refractivity contribution in [2.24, 2.45) is 0 Å². The number of rotatable bonds is 1. The molecule has 0 fully saturated rings. The summed E-state index contributed by atoms with van der Waals surface area (Å²) in [5.74, 6) is 0. The summed E-state index contributed by atoms with van der Waals surface area (Å²) in [5.41, 5.74) is 9.02. The zero-order valence-electron chi connectivity index (χ0n) is 9.28. The third kappa shape index (κ3) is 1.98. The lowest BCUT2D eigenvalue weighted by molar-refractivity contribution is 1.62. The van der Waals surface area contributed by atoms with Gasteiger partial charge in [0.1, 0.15) is 0 Å². The first-order valence-corrected chi connectivity index (χ1v) is 7.84. The molecule has 4 heteroatoms. The second-order valence-corrected chi connectivity index (χ2v) is 6.59. The fourth-order valence-corrected chi connectivity index (χ4v) is 3.95. The Morgan fingerprint density at radius 2 is 1.83 bits per heavy atom. The first-order chi connectivity index (χ1) is 8.66. The number of nitrogen functional groups attached to an aromatic ring is 1. The van der Waals surface area contributed by atoms with Crippen molar-refractivity contribution < 1.29 is 0 Å². The largest absolute Gasteiger partial charge is 0.398 e. The molecule has 0 saturated carbocycles. The summed E-state index contributed by atoms with van der Waals surface area (Å²) in [4.78, 5) is 0. The number of nitrogens with two attached hydrogens (primary N) is 1. The van der Waals surface area contributed by atoms with E-state index in [-0.39, 0.29) is 0 Å². The molecule has 3 rings (SSSR count). The quantitative estimate of drug-likeness (QED) is 0.538. The Morgan fingerprint density at radius 1 is 1.00 bits per heavy atom. The van der Waals surface area contributed by atoms with Crippen molar-refractivity contribution in [1.29, 1.82) is 0 Å². The Balaban J connectivity index is 2.25. The van der Waals surface area contributed by atoms with Gasteiger partial charge in [-0.25, -0.2) is 0 Å². The number of hydrogen-bond acceptors (Lipinski definition) is 2. The standard InChI is InChI=1S/C14H9Br2NS/c15-11-3-1-2-9-10(7-18-14(9)11)8-4-5-13(17)12(16)6-8/h1-7H,17H2. The van der Waals surface area contributed by atoms with Crippen LogP contribution in [-0.2, 0) is 0 Å². The van der Waals surface area contributed by atoms with Crippen LogP contribution in [0.3, 0.4) is 0 Å². The zero-order valence-corrected chi connectivity index (χ0v) is 13.3. The van der Waals surface area contributed by atoms with Gasteiger partial charge in [0.2, 0.25) is 0 Å². The minimum absolute atomic E-state index is 0.763. The van der Waals surface area contributed by atoms with Crippen LogP contribution in [0.5, 0.6) is 0 Å². The van der Waals surface area contributed by atoms with E-state index in [1.54, 1.807) is 11.3 Å². The maximum absolute atomic E-state index is 5.83. The maximum Gasteiger partial charge on any atom is 0.0491 e. The summed E-state index contributed by atoms with van der Waals surface area (Å²) in [6, 6.07) is 12.3. The Hall–Kier alpha value is -0.840. The molecule has 18 heavy (non-hydrogen) atoms. The molecule has 0 unspecified atom stereocenters. The van der Waals surface area contributed by atoms with Gasteiger partial charge < -0.3 is 5.73 Å². The number of anilines is 1. The number of hydrogen-bond donors (Lipinski definition) is 1. The van der Waals surface area contributed by atoms with Crippen molar-refractivity contribution >= 4 is 59.0 Å². The van der Waals surface area contributed by atoms with Crippen LogP contribution < -0.4 is 5.73 Å². The molecule has 0 atom stereocenters. The highest BCUT2D eigenvalue weighted by Gasteiger charge is 2.09. The van der Waals surface area contributed by atoms with E-state index in [9.17, 15) is 0 Å². The molecular formula is C14H9Br2NS. The predicted molar refractivity (Wildman–Crippen MR) is 87.1 cm³/mol. The molecule has 3 aromatic rings. The van der Waals surface area contributed by atoms with Gasteiger partial charge in [-0.2, -0.15) is 0 Å². The minimum Gasteiger partial charge on any atom is -0.398 e. The third-order valence-corrected chi connectivity index (χ3v) is 5.50. The van der Waals surface area contributed by atoms with Gasteiger partial charge in [0, 0.05) is 30.3 Å². The van der Waals surface area contributed by atoms with Crippen molar-refractivity contribution in [2.45, 2.75) is 0 Å². The van der Waals surface area contributed by atoms with Crippen LogP contribution in [0.2, 0.25) is 0 Å². The monoisotopic (exact) mass is 381 g/mol. The van der Waals surface area contributed by atoms with Gasteiger partial charge >= 0.3 is 0 Å². The molecule has 1 heterocycles. The lowest BCUT2D eigenvalue weighted by atomic mass is 10.0. The van der Waals surface area contributed by atoms with Crippen LogP contribution in [-0.4, -0.2) is 0 Å². The molecule has 0 bridgehead atoms. The molecule has 2 N–H and O–H groups in total. The molecule has 0 aliphatic rings. The van der Waals surface area contributed by atoms with Gasteiger partial charge in [-0.1, -0.05) is 18.2 Å². The Kier molecular flexibility index (Phi) is 3.18. The van der Waals surface area contributed by atoms with Gasteiger partial charge in [-0.3, -0.25) is 0 Å². The van der Waals surface area contributed by atoms with Gasteiger partial charge in [-0.15, -0.1) is 11.3 Å². The highest BCUT2D eigenvalue weighted by molar-refractivity contribution is 9.11. The first kappa shape index (κ1) is 12.2. The summed E-state index contributed by atoms with van der Waals surface area (Å²) in [7, 11) is 0. The van der Waals surface area contributed by atoms with E-state index in [0.717, 1.165) is 14.6 Å². The molecule has 1 aromatic heterocycles. The van der Waals surface area contributed by atoms with Crippen LogP contribution in [0.4, 0.5) is 5.69 Å². The molecule has 0 radical (unpaired) electrons. The molecule has 0 aliphatic carbocycles. The highest BCUT2D eigenvalue weighted by atomic mass is 79.9. The van der Waals surface area contributed by atoms with Crippen LogP contribution in [0.1, 0.15) is 0 Å². The molecule has 90 valence electrons. The molecule has 0 aliphatic heterocycles. The minimum atomic E-state index is 0.763. The Morgan fingerprint density at radius 3 is 2.61 bits per heavy atom. The number of fused-ring (bicyclic) bond motifs is 1. The lowest BCUT2D eigenvalue weighted by Crippen LogP contribution is -1.86. The second-order valence-electron chi connectivity index (χ2n) is 4.00. The summed E-state index contributed by atoms with van der Waals surface area (Å²) in [5, 5.41) is 3.46. The fourth-order valence-electron chi connectivity index (χ4n) is 1.94. The smallest absolute Gasteiger partial charge is 0.0491 e. The number of thiophene rings is 1. The van der Waals surface area contributed by atoms with E-state index in [1.807, 2.05) is 6.07 Å². The van der Waals surface area contributed by atoms with Gasteiger partial charge in [-0.05, 0) is 61.0 Å². The second kappa shape index (κ2) is 4.68. The van der Waals surface area contributed by atoms with Crippen molar-refractivity contribution in [3.8, 4) is 11.1 Å². The normalized spacial score (nSPS) is 11.0. The predicted octanol–water partition coefficient (Wildman–Crippen LogP) is 5.68. The molecular weight excluding hydrogens is 374 g/mol. The summed E-state index contributed by atoms with van der Waals surface area (Å²) in [6.45, 7) is 0. The maximum atomic E-state index is 5.83. The van der Waals surface area contributed by atoms with E-state index >= 15 is 0 Å². The van der Waals surface area contributed by atoms with Crippen LogP contribution in [0.25, 0.3) is 21.2 Å². The Labute approximate surface area is 126 Å². The van der Waals surface area contributed by atoms with Crippen molar-refractivity contribution in [1.82, 2.24) is 0 Å². The average molecular weight is 383 g/mol. The van der Waals surface area contributed by atoms with Crippen molar-refractivity contribution in [3.63, 3.8) is 0 Å². The van der Waals surface area contributed by atoms with Gasteiger partial charge in [0.05, 0.1) is 0 Å². The SMILES string of the molecule is Nc1ccc(-c2csc3c(Br)cccc23)cc1Br. The lowest BCUT2D eigenvalue weighted by Gasteiger charge is -2.03. The van der Waals surface area contributed by atoms with E-state index in [0.29, 0.717) is 0 Å². The van der Waals surface area contributed by atoms with E-state index in [1.165, 1.54) is 21.2 Å². The van der Waals surface area contributed by atoms with Gasteiger partial charge in [0.25, 0.3) is 0 Å². The number of halogens is 2. The summed E-state index contributed by atoms with van der Waals surface area (Å²) in [6.07, 6.45) is 0. The van der Waals surface area contributed by atoms with Gasteiger partial charge in [0.15, 0.2) is 0 Å². The highest BCUT2D eigenvalue weighted by Crippen LogP contribution is 2.38. The third-order valence-electron chi connectivity index (χ3n) is 2.86. The first-order valence-electron chi connectivity index (χ1n) is 5.38. The van der Waals surface area contributed by atoms with E-state index in [4.69, 9.17) is 5.73 Å². The molecule has 0 spiro atoms. The molecule has 1 nitrogen and oxygen atoms in total. The van der Waals surface area contributed by atoms with E-state index in [2.05, 4.69) is 67.6 Å². The summed E-state index contributed by atoms with van der Waals surface area (Å²) >= 11 is 8.82. The number of benzene rings is 2. The molecule has 0 saturated heterocycles. The zero-order chi connectivity index (χ0) is 12.7. The van der Waals surface area contributed by atoms with Crippen LogP contribution in [0.15, 0.2) is 50.7 Å². The Bertz CT molecular complexity index is 734. The summed E-state index contributed by atoms with van der Waals surface area (Å²) < 4.78 is 3.36. The van der Waals surface area contributed by atoms with Crippen molar-refractivity contribution in [3.05, 3.63) is 50.7 Å². The molecule has 2 aromatic carbocycles.